The minimum absolute atomic E-state index is 0.0679. The minimum atomic E-state index is -0.252. The molecule has 0 unspecified atom stereocenters. The first-order valence-corrected chi connectivity index (χ1v) is 11.0. The number of benzene rings is 2. The number of rotatable bonds is 9. The van der Waals surface area contributed by atoms with E-state index in [2.05, 4.69) is 5.32 Å². The highest BCUT2D eigenvalue weighted by molar-refractivity contribution is 6.00. The molecule has 0 spiro atoms. The normalized spacial score (nSPS) is 15.3. The molecule has 1 fully saturated rings. The van der Waals surface area contributed by atoms with E-state index >= 15 is 0 Å². The summed E-state index contributed by atoms with van der Waals surface area (Å²) in [6.07, 6.45) is 1.75. The van der Waals surface area contributed by atoms with Crippen LogP contribution in [-0.4, -0.2) is 56.2 Å². The van der Waals surface area contributed by atoms with Gasteiger partial charge in [-0.3, -0.25) is 9.59 Å². The lowest BCUT2D eigenvalue weighted by atomic mass is 10.1. The number of anilines is 1. The van der Waals surface area contributed by atoms with Gasteiger partial charge in [-0.05, 0) is 69.0 Å². The van der Waals surface area contributed by atoms with Gasteiger partial charge in [0.15, 0.2) is 11.5 Å². The average molecular weight is 441 g/mol. The van der Waals surface area contributed by atoms with Crippen LogP contribution in [0.1, 0.15) is 41.3 Å². The number of nitrogens with zero attached hydrogens (tertiary/aromatic N) is 1. The van der Waals surface area contributed by atoms with Crippen molar-refractivity contribution in [1.82, 2.24) is 4.90 Å². The van der Waals surface area contributed by atoms with Crippen molar-refractivity contribution >= 4 is 17.5 Å². The van der Waals surface area contributed by atoms with Gasteiger partial charge in [0.25, 0.3) is 5.91 Å². The molecular weight excluding hydrogens is 408 g/mol. The number of hydrogen-bond acceptors (Lipinski definition) is 5. The van der Waals surface area contributed by atoms with Gasteiger partial charge >= 0.3 is 0 Å². The van der Waals surface area contributed by atoms with Crippen LogP contribution in [0.15, 0.2) is 36.4 Å². The molecule has 7 heteroatoms. The van der Waals surface area contributed by atoms with Crippen molar-refractivity contribution in [2.75, 3.05) is 38.7 Å². The zero-order valence-corrected chi connectivity index (χ0v) is 19.3. The molecule has 0 saturated carbocycles. The summed E-state index contributed by atoms with van der Waals surface area (Å²) in [5.74, 6) is 0.556. The van der Waals surface area contributed by atoms with Gasteiger partial charge in [0.1, 0.15) is 6.54 Å². The van der Waals surface area contributed by atoms with E-state index in [0.29, 0.717) is 36.8 Å². The van der Waals surface area contributed by atoms with Gasteiger partial charge < -0.3 is 24.4 Å². The molecule has 0 bridgehead atoms. The lowest BCUT2D eigenvalue weighted by molar-refractivity contribution is -0.117. The van der Waals surface area contributed by atoms with Crippen LogP contribution in [0.25, 0.3) is 0 Å². The Bertz CT molecular complexity index is 953. The van der Waals surface area contributed by atoms with E-state index in [0.717, 1.165) is 29.7 Å². The molecule has 2 amide bonds. The van der Waals surface area contributed by atoms with Crippen molar-refractivity contribution < 1.29 is 23.8 Å². The van der Waals surface area contributed by atoms with Gasteiger partial charge in [-0.1, -0.05) is 12.1 Å². The molecule has 0 aromatic heterocycles. The van der Waals surface area contributed by atoms with E-state index in [1.54, 1.807) is 23.1 Å². The summed E-state index contributed by atoms with van der Waals surface area (Å²) in [4.78, 5) is 27.8. The molecule has 2 aromatic carbocycles. The van der Waals surface area contributed by atoms with E-state index in [1.165, 1.54) is 7.11 Å². The topological polar surface area (TPSA) is 77.1 Å². The number of aryl methyl sites for hydroxylation is 1. The van der Waals surface area contributed by atoms with Crippen LogP contribution in [0.5, 0.6) is 11.5 Å². The summed E-state index contributed by atoms with van der Waals surface area (Å²) in [6, 6.07) is 10.8. The number of amides is 2. The number of ether oxygens (including phenoxy) is 3. The maximum atomic E-state index is 13.4. The third kappa shape index (κ3) is 5.79. The Morgan fingerprint density at radius 3 is 2.69 bits per heavy atom. The second-order valence-electron chi connectivity index (χ2n) is 7.92. The van der Waals surface area contributed by atoms with Crippen LogP contribution in [0.3, 0.4) is 0 Å². The Hall–Kier alpha value is -3.06. The van der Waals surface area contributed by atoms with Gasteiger partial charge in [0.05, 0.1) is 19.8 Å². The Morgan fingerprint density at radius 2 is 2.00 bits per heavy atom. The van der Waals surface area contributed by atoms with Crippen LogP contribution >= 0.6 is 0 Å². The quantitative estimate of drug-likeness (QED) is 0.638. The summed E-state index contributed by atoms with van der Waals surface area (Å²) >= 11 is 0. The molecule has 1 atom stereocenters. The smallest absolute Gasteiger partial charge is 0.254 e. The van der Waals surface area contributed by atoms with E-state index in [4.69, 9.17) is 14.2 Å². The fourth-order valence-electron chi connectivity index (χ4n) is 3.76. The van der Waals surface area contributed by atoms with Gasteiger partial charge in [-0.15, -0.1) is 0 Å². The minimum Gasteiger partial charge on any atom is -0.493 e. The van der Waals surface area contributed by atoms with Crippen LogP contribution < -0.4 is 14.8 Å². The number of carbonyl (C=O) groups excluding carboxylic acids is 2. The molecule has 0 radical (unpaired) electrons. The average Bonchev–Trinajstić information content (AvgIpc) is 3.29. The van der Waals surface area contributed by atoms with Gasteiger partial charge in [0, 0.05) is 24.4 Å². The summed E-state index contributed by atoms with van der Waals surface area (Å²) in [6.45, 7) is 7.31. The standard InChI is InChI=1S/C25H32N2O5/c1-5-31-22-12-11-19(14-23(22)30-4)25(29)27(15-20-9-7-13-32-20)16-24(28)26-21-10-6-8-17(2)18(21)3/h6,8,10-12,14,20H,5,7,9,13,15-16H2,1-4H3,(H,26,28)/t20-/m0/s1. The molecule has 7 nitrogen and oxygen atoms in total. The summed E-state index contributed by atoms with van der Waals surface area (Å²) in [5.41, 5.74) is 3.29. The first kappa shape index (κ1) is 23.6. The van der Waals surface area contributed by atoms with Crippen LogP contribution in [0, 0.1) is 13.8 Å². The van der Waals surface area contributed by atoms with E-state index in [9.17, 15) is 9.59 Å². The largest absolute Gasteiger partial charge is 0.493 e. The molecule has 1 N–H and O–H groups in total. The SMILES string of the molecule is CCOc1ccc(C(=O)N(CC(=O)Nc2cccc(C)c2C)C[C@@H]2CCCO2)cc1OC. The van der Waals surface area contributed by atoms with Crippen LogP contribution in [-0.2, 0) is 9.53 Å². The maximum Gasteiger partial charge on any atom is 0.254 e. The van der Waals surface area contributed by atoms with Gasteiger partial charge in [-0.25, -0.2) is 0 Å². The zero-order chi connectivity index (χ0) is 23.1. The third-order valence-electron chi connectivity index (χ3n) is 5.66. The predicted octanol–water partition coefficient (Wildman–Crippen LogP) is 3.97. The fourth-order valence-corrected chi connectivity index (χ4v) is 3.76. The van der Waals surface area contributed by atoms with Crippen LogP contribution in [0.4, 0.5) is 5.69 Å². The van der Waals surface area contributed by atoms with Gasteiger partial charge in [0.2, 0.25) is 5.91 Å². The van der Waals surface area contributed by atoms with Crippen LogP contribution in [0.2, 0.25) is 0 Å². The Labute approximate surface area is 189 Å². The third-order valence-corrected chi connectivity index (χ3v) is 5.66. The Balaban J connectivity index is 1.79. The molecule has 1 aliphatic rings. The highest BCUT2D eigenvalue weighted by atomic mass is 16.5. The second kappa shape index (κ2) is 11.0. The molecule has 1 heterocycles. The van der Waals surface area contributed by atoms with E-state index in [-0.39, 0.29) is 24.5 Å². The summed E-state index contributed by atoms with van der Waals surface area (Å²) < 4.78 is 16.7. The monoisotopic (exact) mass is 440 g/mol. The number of nitrogens with one attached hydrogen (secondary N) is 1. The Kier molecular flexibility index (Phi) is 8.11. The number of hydrogen-bond donors (Lipinski definition) is 1. The molecule has 3 rings (SSSR count). The Morgan fingerprint density at radius 1 is 1.19 bits per heavy atom. The lowest BCUT2D eigenvalue weighted by Crippen LogP contribution is -2.42. The first-order valence-electron chi connectivity index (χ1n) is 11.0. The second-order valence-corrected chi connectivity index (χ2v) is 7.92. The lowest BCUT2D eigenvalue weighted by Gasteiger charge is -2.25. The highest BCUT2D eigenvalue weighted by Crippen LogP contribution is 2.29. The van der Waals surface area contributed by atoms with Crippen molar-refractivity contribution in [1.29, 1.82) is 0 Å². The zero-order valence-electron chi connectivity index (χ0n) is 19.3. The summed E-state index contributed by atoms with van der Waals surface area (Å²) in [5, 5.41) is 2.94. The maximum absolute atomic E-state index is 13.4. The summed E-state index contributed by atoms with van der Waals surface area (Å²) in [7, 11) is 1.54. The van der Waals surface area contributed by atoms with Crippen molar-refractivity contribution in [2.45, 2.75) is 39.7 Å². The molecular formula is C25H32N2O5. The van der Waals surface area contributed by atoms with Crippen molar-refractivity contribution in [2.24, 2.45) is 0 Å². The number of carbonyl (C=O) groups is 2. The highest BCUT2D eigenvalue weighted by Gasteiger charge is 2.26. The molecule has 32 heavy (non-hydrogen) atoms. The molecule has 2 aromatic rings. The van der Waals surface area contributed by atoms with Crippen molar-refractivity contribution in [3.63, 3.8) is 0 Å². The van der Waals surface area contributed by atoms with E-state index in [1.807, 2.05) is 39.0 Å². The fraction of sp³-hybridized carbons (Fsp3) is 0.440. The number of methoxy groups -OCH3 is 1. The molecule has 1 aliphatic heterocycles. The molecule has 172 valence electrons. The molecule has 1 saturated heterocycles. The molecule has 0 aliphatic carbocycles. The van der Waals surface area contributed by atoms with Gasteiger partial charge in [-0.2, -0.15) is 0 Å². The van der Waals surface area contributed by atoms with Crippen molar-refractivity contribution in [3.05, 3.63) is 53.1 Å². The predicted molar refractivity (Wildman–Crippen MR) is 124 cm³/mol. The van der Waals surface area contributed by atoms with Crippen molar-refractivity contribution in [3.8, 4) is 11.5 Å². The first-order chi connectivity index (χ1) is 15.4. The van der Waals surface area contributed by atoms with E-state index < -0.39 is 0 Å².